The second kappa shape index (κ2) is 7.45. The summed E-state index contributed by atoms with van der Waals surface area (Å²) in [7, 11) is -0.820. The number of rotatable bonds is 3. The number of hydrogen-bond donors (Lipinski definition) is 0. The van der Waals surface area contributed by atoms with Gasteiger partial charge in [0, 0.05) is 0 Å². The number of para-hydroxylation sites is 1. The van der Waals surface area contributed by atoms with E-state index in [2.05, 4.69) is 6.58 Å². The first-order valence-corrected chi connectivity index (χ1v) is 12.9. The Bertz CT molecular complexity index is 1370. The van der Waals surface area contributed by atoms with E-state index in [1.165, 1.54) is 10.8 Å². The highest BCUT2D eigenvalue weighted by atomic mass is 19.1. The summed E-state index contributed by atoms with van der Waals surface area (Å²) < 4.78 is 33.8. The average Bonchev–Trinajstić information content (AvgIpc) is 3.24. The molecular formula is C27H33BFN3O4. The fourth-order valence-electron chi connectivity index (χ4n) is 6.82. The SMILES string of the molecule is C=C1C(B2OC(C)(C)C(C)(C)O2)(C2CCCCC2)C2C=CC1(F)n1c(=O)n(-c3ccccc3)c(=O)n12. The van der Waals surface area contributed by atoms with Crippen molar-refractivity contribution in [2.45, 2.75) is 88.2 Å². The zero-order valence-corrected chi connectivity index (χ0v) is 21.4. The van der Waals surface area contributed by atoms with E-state index >= 15 is 4.39 Å². The van der Waals surface area contributed by atoms with Gasteiger partial charge in [0.25, 0.3) is 0 Å². The van der Waals surface area contributed by atoms with Crippen molar-refractivity contribution < 1.29 is 13.7 Å². The number of hydrogen-bond acceptors (Lipinski definition) is 4. The topological polar surface area (TPSA) is 67.4 Å². The third kappa shape index (κ3) is 2.76. The van der Waals surface area contributed by atoms with Gasteiger partial charge in [-0.05, 0) is 70.2 Å². The normalized spacial score (nSPS) is 32.8. The molecule has 36 heavy (non-hydrogen) atoms. The van der Waals surface area contributed by atoms with Crippen LogP contribution in [0.5, 0.6) is 0 Å². The molecule has 9 heteroatoms. The number of aromatic nitrogens is 3. The first-order chi connectivity index (χ1) is 17.0. The number of benzene rings is 1. The average molecular weight is 493 g/mol. The zero-order valence-electron chi connectivity index (χ0n) is 21.4. The van der Waals surface area contributed by atoms with Crippen molar-refractivity contribution >= 4 is 7.12 Å². The lowest BCUT2D eigenvalue weighted by molar-refractivity contribution is 0.00578. The summed E-state index contributed by atoms with van der Waals surface area (Å²) in [6.07, 6.45) is 7.92. The van der Waals surface area contributed by atoms with Crippen LogP contribution < -0.4 is 11.4 Å². The first kappa shape index (κ1) is 23.7. The van der Waals surface area contributed by atoms with Gasteiger partial charge >= 0.3 is 18.5 Å². The molecule has 1 aromatic carbocycles. The summed E-state index contributed by atoms with van der Waals surface area (Å²) in [5.74, 6) is -2.40. The highest BCUT2D eigenvalue weighted by Crippen LogP contribution is 2.69. The van der Waals surface area contributed by atoms with Gasteiger partial charge in [-0.3, -0.25) is 0 Å². The van der Waals surface area contributed by atoms with Gasteiger partial charge in [0.05, 0.1) is 28.2 Å². The Morgan fingerprint density at radius 3 is 2.19 bits per heavy atom. The van der Waals surface area contributed by atoms with Gasteiger partial charge in [-0.15, -0.1) is 0 Å². The Hall–Kier alpha value is -2.65. The van der Waals surface area contributed by atoms with Crippen LogP contribution in [-0.4, -0.2) is 32.3 Å². The number of halogens is 1. The smallest absolute Gasteiger partial charge is 0.403 e. The van der Waals surface area contributed by atoms with Crippen LogP contribution in [-0.2, 0) is 15.1 Å². The number of allylic oxidation sites excluding steroid dienone is 3. The van der Waals surface area contributed by atoms with E-state index in [1.54, 1.807) is 36.4 Å². The predicted molar refractivity (Wildman–Crippen MR) is 136 cm³/mol. The lowest BCUT2D eigenvalue weighted by Crippen LogP contribution is -2.62. The maximum absolute atomic E-state index is 17.3. The third-order valence-corrected chi connectivity index (χ3v) is 9.42. The molecule has 3 unspecified atom stereocenters. The molecule has 2 fully saturated rings. The highest BCUT2D eigenvalue weighted by Gasteiger charge is 2.72. The summed E-state index contributed by atoms with van der Waals surface area (Å²) >= 11 is 0. The molecule has 1 aromatic heterocycles. The van der Waals surface area contributed by atoms with Crippen LogP contribution in [0.25, 0.3) is 5.69 Å². The Balaban J connectivity index is 1.63. The molecule has 0 radical (unpaired) electrons. The molecular weight excluding hydrogens is 460 g/mol. The van der Waals surface area contributed by atoms with Crippen molar-refractivity contribution in [1.29, 1.82) is 0 Å². The Morgan fingerprint density at radius 1 is 0.972 bits per heavy atom. The molecule has 0 spiro atoms. The van der Waals surface area contributed by atoms with Crippen molar-refractivity contribution in [1.82, 2.24) is 13.9 Å². The highest BCUT2D eigenvalue weighted by molar-refractivity contribution is 6.51. The maximum atomic E-state index is 17.3. The van der Waals surface area contributed by atoms with Crippen molar-refractivity contribution in [2.75, 3.05) is 0 Å². The molecule has 4 heterocycles. The van der Waals surface area contributed by atoms with Crippen LogP contribution in [0.1, 0.15) is 65.8 Å². The van der Waals surface area contributed by atoms with E-state index in [0.717, 1.165) is 41.4 Å². The molecule has 5 aliphatic rings. The minimum absolute atomic E-state index is 0.0191. The van der Waals surface area contributed by atoms with Gasteiger partial charge in [0.15, 0.2) is 0 Å². The Labute approximate surface area is 210 Å². The molecule has 0 N–H and O–H groups in total. The minimum Gasteiger partial charge on any atom is -0.403 e. The molecule has 3 atom stereocenters. The van der Waals surface area contributed by atoms with E-state index in [4.69, 9.17) is 9.31 Å². The van der Waals surface area contributed by atoms with Crippen LogP contribution in [0.4, 0.5) is 4.39 Å². The lowest BCUT2D eigenvalue weighted by atomic mass is 9.40. The van der Waals surface area contributed by atoms with Crippen molar-refractivity contribution in [3.63, 3.8) is 0 Å². The monoisotopic (exact) mass is 493 g/mol. The fraction of sp³-hybridized carbons (Fsp3) is 0.556. The van der Waals surface area contributed by atoms with Crippen LogP contribution >= 0.6 is 0 Å². The molecule has 0 amide bonds. The van der Waals surface area contributed by atoms with Crippen LogP contribution in [0.15, 0.2) is 64.2 Å². The van der Waals surface area contributed by atoms with Crippen molar-refractivity contribution in [2.24, 2.45) is 5.92 Å². The number of fused-ring (bicyclic) bond motifs is 1. The second-order valence-electron chi connectivity index (χ2n) is 11.7. The second-order valence-corrected chi connectivity index (χ2v) is 11.7. The van der Waals surface area contributed by atoms with E-state index in [9.17, 15) is 9.59 Å². The Kier molecular flexibility index (Phi) is 4.91. The number of nitrogens with zero attached hydrogens (tertiary/aromatic N) is 3. The van der Waals surface area contributed by atoms with Crippen molar-refractivity contribution in [3.8, 4) is 5.69 Å². The first-order valence-electron chi connectivity index (χ1n) is 12.9. The molecule has 1 saturated heterocycles. The lowest BCUT2D eigenvalue weighted by Gasteiger charge is -2.57. The molecule has 7 nitrogen and oxygen atoms in total. The summed E-state index contributed by atoms with van der Waals surface area (Å²) in [5.41, 5.74) is -1.97. The van der Waals surface area contributed by atoms with Crippen LogP contribution in [0.3, 0.4) is 0 Å². The zero-order chi connectivity index (χ0) is 25.7. The Morgan fingerprint density at radius 2 is 1.58 bits per heavy atom. The molecule has 190 valence electrons. The van der Waals surface area contributed by atoms with Gasteiger partial charge in [0.2, 0.25) is 5.79 Å². The van der Waals surface area contributed by atoms with Gasteiger partial charge < -0.3 is 9.31 Å². The quantitative estimate of drug-likeness (QED) is 0.466. The van der Waals surface area contributed by atoms with Gasteiger partial charge in [-0.2, -0.15) is 4.68 Å². The van der Waals surface area contributed by atoms with Gasteiger partial charge in [-0.25, -0.2) is 23.2 Å². The van der Waals surface area contributed by atoms with E-state index in [1.807, 2.05) is 27.7 Å². The molecule has 1 saturated carbocycles. The van der Waals surface area contributed by atoms with Crippen LogP contribution in [0, 0.1) is 5.92 Å². The third-order valence-electron chi connectivity index (χ3n) is 9.42. The van der Waals surface area contributed by atoms with Crippen LogP contribution in [0.2, 0.25) is 5.31 Å². The molecule has 2 aromatic rings. The largest absolute Gasteiger partial charge is 0.471 e. The number of alkyl halides is 1. The van der Waals surface area contributed by atoms with E-state index in [0.29, 0.717) is 5.69 Å². The van der Waals surface area contributed by atoms with Crippen molar-refractivity contribution in [3.05, 3.63) is 75.6 Å². The van der Waals surface area contributed by atoms with E-state index in [-0.39, 0.29) is 11.5 Å². The minimum atomic E-state index is -2.38. The summed E-state index contributed by atoms with van der Waals surface area (Å²) in [5, 5.41) is -1.05. The van der Waals surface area contributed by atoms with Gasteiger partial charge in [0.1, 0.15) is 0 Å². The summed E-state index contributed by atoms with van der Waals surface area (Å²) in [4.78, 5) is 27.5. The maximum Gasteiger partial charge on any atom is 0.471 e. The molecule has 3 aliphatic heterocycles. The molecule has 2 aliphatic carbocycles. The fourth-order valence-corrected chi connectivity index (χ4v) is 6.82. The summed E-state index contributed by atoms with van der Waals surface area (Å²) in [6, 6.07) is 7.97. The molecule has 7 rings (SSSR count). The predicted octanol–water partition coefficient (Wildman–Crippen LogP) is 4.52. The summed E-state index contributed by atoms with van der Waals surface area (Å²) in [6.45, 7) is 12.2. The van der Waals surface area contributed by atoms with E-state index < -0.39 is 46.8 Å². The van der Waals surface area contributed by atoms with Gasteiger partial charge in [-0.1, -0.05) is 50.1 Å². The standard InChI is InChI=1S/C27H33BFN3O4/c1-18-26(29)17-16-21(31-22(33)30(23(34)32(26)31)20-14-10-7-11-15-20)27(18,19-12-8-6-9-13-19)28-35-24(2,3)25(4,5)36-28/h7,10-11,14-17,19,21H,1,6,8-9,12-13H2,2-5H3. The molecule has 2 bridgehead atoms.